The number of carboxylic acid groups (broad SMARTS) is 1. The van der Waals surface area contributed by atoms with Crippen LogP contribution in [0.4, 0.5) is 0 Å². The van der Waals surface area contributed by atoms with Gasteiger partial charge in [-0.2, -0.15) is 0 Å². The maximum Gasteiger partial charge on any atom is 0.305 e. The van der Waals surface area contributed by atoms with E-state index in [0.29, 0.717) is 42.6 Å². The van der Waals surface area contributed by atoms with Crippen LogP contribution in [0.3, 0.4) is 0 Å². The van der Waals surface area contributed by atoms with Crippen LogP contribution >= 0.6 is 0 Å². The molecular weight excluding hydrogens is 442 g/mol. The molecule has 0 atom stereocenters. The number of carbonyl (C=O) groups is 3. The predicted molar refractivity (Wildman–Crippen MR) is 133 cm³/mol. The Morgan fingerprint density at radius 3 is 2.09 bits per heavy atom. The van der Waals surface area contributed by atoms with Crippen LogP contribution in [-0.2, 0) is 14.4 Å². The molecule has 0 fully saturated rings. The molecule has 6 heteroatoms. The Morgan fingerprint density at radius 2 is 1.57 bits per heavy atom. The zero-order valence-corrected chi connectivity index (χ0v) is 20.9. The summed E-state index contributed by atoms with van der Waals surface area (Å²) in [6.45, 7) is 8.54. The summed E-state index contributed by atoms with van der Waals surface area (Å²) < 4.78 is 5.86. The third-order valence-electron chi connectivity index (χ3n) is 7.11. The number of ketones is 2. The number of carboxylic acids is 1. The first-order chi connectivity index (χ1) is 16.4. The van der Waals surface area contributed by atoms with Gasteiger partial charge in [0.1, 0.15) is 12.4 Å². The van der Waals surface area contributed by atoms with Gasteiger partial charge in [-0.3, -0.25) is 14.4 Å². The number of aliphatic carboxylic acids is 1. The number of terminal acetylenes is 1. The molecule has 6 nitrogen and oxygen atoms in total. The number of hydrogen-bond acceptors (Lipinski definition) is 5. The number of allylic oxidation sites excluding steroid dienone is 4. The first-order valence-corrected chi connectivity index (χ1v) is 12.1. The Labute approximate surface area is 207 Å². The van der Waals surface area contributed by atoms with Gasteiger partial charge in [0.25, 0.3) is 0 Å². The molecule has 0 saturated heterocycles. The lowest BCUT2D eigenvalue weighted by Crippen LogP contribution is -2.45. The summed E-state index contributed by atoms with van der Waals surface area (Å²) in [7, 11) is 0. The van der Waals surface area contributed by atoms with Crippen LogP contribution in [0.5, 0.6) is 5.75 Å². The fraction of sp³-hybridized carbons (Fsp3) is 0.483. The molecule has 184 valence electrons. The van der Waals surface area contributed by atoms with Crippen LogP contribution in [0.1, 0.15) is 71.3 Å². The van der Waals surface area contributed by atoms with Crippen molar-refractivity contribution in [3.63, 3.8) is 0 Å². The Kier molecular flexibility index (Phi) is 6.40. The number of ether oxygens (including phenoxy) is 1. The van der Waals surface area contributed by atoms with Gasteiger partial charge in [-0.15, -0.1) is 6.42 Å². The van der Waals surface area contributed by atoms with Gasteiger partial charge in [0.05, 0.1) is 6.42 Å². The number of benzene rings is 1. The average molecular weight is 476 g/mol. The van der Waals surface area contributed by atoms with Crippen molar-refractivity contribution in [2.24, 2.45) is 10.8 Å². The zero-order valence-electron chi connectivity index (χ0n) is 20.9. The van der Waals surface area contributed by atoms with Crippen LogP contribution in [-0.4, -0.2) is 40.7 Å². The van der Waals surface area contributed by atoms with Crippen LogP contribution in [0, 0.1) is 23.2 Å². The quantitative estimate of drug-likeness (QED) is 0.592. The van der Waals surface area contributed by atoms with Crippen LogP contribution in [0.2, 0.25) is 0 Å². The molecular formula is C29H33NO5. The Bertz CT molecular complexity index is 1140. The normalized spacial score (nSPS) is 21.4. The van der Waals surface area contributed by atoms with E-state index in [1.807, 2.05) is 29.2 Å². The number of carbonyl (C=O) groups excluding carboxylic acids is 2. The van der Waals surface area contributed by atoms with Gasteiger partial charge in [0, 0.05) is 53.4 Å². The number of nitrogens with zero attached hydrogens (tertiary/aromatic N) is 1. The van der Waals surface area contributed by atoms with E-state index in [9.17, 15) is 19.5 Å². The van der Waals surface area contributed by atoms with Gasteiger partial charge < -0.3 is 14.7 Å². The Hall–Kier alpha value is -3.33. The molecule has 1 aromatic rings. The maximum absolute atomic E-state index is 13.7. The van der Waals surface area contributed by atoms with E-state index in [1.165, 1.54) is 0 Å². The summed E-state index contributed by atoms with van der Waals surface area (Å²) in [5.41, 5.74) is 3.08. The molecule has 4 rings (SSSR count). The van der Waals surface area contributed by atoms with Gasteiger partial charge in [-0.25, -0.2) is 0 Å². The lowest BCUT2D eigenvalue weighted by molar-refractivity contribution is -0.137. The summed E-state index contributed by atoms with van der Waals surface area (Å²) in [4.78, 5) is 41.0. The van der Waals surface area contributed by atoms with Crippen molar-refractivity contribution >= 4 is 17.5 Å². The minimum absolute atomic E-state index is 0.00230. The summed E-state index contributed by atoms with van der Waals surface area (Å²) >= 11 is 0. The fourth-order valence-corrected chi connectivity index (χ4v) is 5.81. The topological polar surface area (TPSA) is 83.9 Å². The SMILES string of the molecule is C#CCOc1ccccc1C1C2=C(CC(C)(C)CC2=O)N(CCC(=O)O)C2=C1C(=O)CC(C)(C)C2. The van der Waals surface area contributed by atoms with Gasteiger partial charge in [-0.1, -0.05) is 51.8 Å². The van der Waals surface area contributed by atoms with Crippen molar-refractivity contribution in [2.75, 3.05) is 13.2 Å². The number of Topliss-reactive ketones (excluding diaryl/α,β-unsaturated/α-hetero) is 2. The molecule has 1 aromatic carbocycles. The average Bonchev–Trinajstić information content (AvgIpc) is 2.74. The summed E-state index contributed by atoms with van der Waals surface area (Å²) in [6, 6.07) is 7.44. The predicted octanol–water partition coefficient (Wildman–Crippen LogP) is 4.86. The van der Waals surface area contributed by atoms with Crippen LogP contribution in [0.15, 0.2) is 46.8 Å². The van der Waals surface area contributed by atoms with E-state index in [2.05, 4.69) is 33.6 Å². The highest BCUT2D eigenvalue weighted by Crippen LogP contribution is 2.55. The molecule has 0 unspecified atom stereocenters. The molecule has 0 spiro atoms. The van der Waals surface area contributed by atoms with E-state index in [-0.39, 0.29) is 42.0 Å². The van der Waals surface area contributed by atoms with Crippen molar-refractivity contribution in [2.45, 2.75) is 65.7 Å². The minimum atomic E-state index is -0.910. The second-order valence-corrected chi connectivity index (χ2v) is 11.4. The second-order valence-electron chi connectivity index (χ2n) is 11.4. The van der Waals surface area contributed by atoms with E-state index in [0.717, 1.165) is 17.0 Å². The Morgan fingerprint density at radius 1 is 1.03 bits per heavy atom. The monoisotopic (exact) mass is 475 g/mol. The van der Waals surface area contributed by atoms with Gasteiger partial charge in [0.15, 0.2) is 11.6 Å². The molecule has 0 amide bonds. The summed E-state index contributed by atoms with van der Waals surface area (Å²) in [5, 5.41) is 9.47. The Balaban J connectivity index is 1.99. The molecule has 0 aromatic heterocycles. The first-order valence-electron chi connectivity index (χ1n) is 12.1. The number of para-hydroxylation sites is 1. The highest BCUT2D eigenvalue weighted by Gasteiger charge is 2.49. The standard InChI is InChI=1S/C29H33NO5/c1-6-13-35-23-10-8-7-9-18(23)25-26-19(14-28(2,3)16-21(26)31)30(12-11-24(33)34)20-15-29(4,5)17-22(32)27(20)25/h1,7-10,25H,11-17H2,2-5H3,(H,33,34). The molecule has 1 N–H and O–H groups in total. The van der Waals surface area contributed by atoms with E-state index < -0.39 is 11.9 Å². The minimum Gasteiger partial charge on any atom is -0.481 e. The van der Waals surface area contributed by atoms with Crippen LogP contribution < -0.4 is 4.74 Å². The van der Waals surface area contributed by atoms with Gasteiger partial charge >= 0.3 is 5.97 Å². The summed E-state index contributed by atoms with van der Waals surface area (Å²) in [6.07, 6.45) is 7.35. The molecule has 0 bridgehead atoms. The van der Waals surface area contributed by atoms with Crippen LogP contribution in [0.25, 0.3) is 0 Å². The van der Waals surface area contributed by atoms with Crippen molar-refractivity contribution < 1.29 is 24.2 Å². The largest absolute Gasteiger partial charge is 0.481 e. The number of hydrogen-bond donors (Lipinski definition) is 1. The molecule has 2 aliphatic carbocycles. The van der Waals surface area contributed by atoms with Crippen molar-refractivity contribution in [1.82, 2.24) is 4.90 Å². The third kappa shape index (κ3) is 4.77. The van der Waals surface area contributed by atoms with Gasteiger partial charge in [0.2, 0.25) is 0 Å². The first kappa shape index (κ1) is 24.8. The smallest absolute Gasteiger partial charge is 0.305 e. The van der Waals surface area contributed by atoms with Crippen molar-refractivity contribution in [3.8, 4) is 18.1 Å². The second kappa shape index (κ2) is 9.03. The van der Waals surface area contributed by atoms with Crippen molar-refractivity contribution in [3.05, 3.63) is 52.4 Å². The molecule has 0 saturated carbocycles. The molecule has 0 radical (unpaired) electrons. The maximum atomic E-state index is 13.7. The van der Waals surface area contributed by atoms with E-state index in [1.54, 1.807) is 0 Å². The lowest BCUT2D eigenvalue weighted by Gasteiger charge is -2.49. The number of rotatable bonds is 6. The third-order valence-corrected chi connectivity index (χ3v) is 7.11. The molecule has 1 heterocycles. The zero-order chi connectivity index (χ0) is 25.5. The highest BCUT2D eigenvalue weighted by molar-refractivity contribution is 6.07. The lowest BCUT2D eigenvalue weighted by atomic mass is 9.63. The molecule has 1 aliphatic heterocycles. The van der Waals surface area contributed by atoms with E-state index >= 15 is 0 Å². The fourth-order valence-electron chi connectivity index (χ4n) is 5.81. The highest BCUT2D eigenvalue weighted by atomic mass is 16.5. The van der Waals surface area contributed by atoms with Gasteiger partial charge in [-0.05, 0) is 29.7 Å². The summed E-state index contributed by atoms with van der Waals surface area (Å²) in [5.74, 6) is 1.58. The molecule has 3 aliphatic rings. The van der Waals surface area contributed by atoms with E-state index in [4.69, 9.17) is 11.2 Å². The molecule has 35 heavy (non-hydrogen) atoms. The van der Waals surface area contributed by atoms with Crippen molar-refractivity contribution in [1.29, 1.82) is 0 Å².